The molecule has 21 heavy (non-hydrogen) atoms. The highest BCUT2D eigenvalue weighted by Crippen LogP contribution is 2.27. The maximum Gasteiger partial charge on any atom is 0.257 e. The third-order valence-corrected chi connectivity index (χ3v) is 4.13. The normalized spacial score (nSPS) is 10.8. The Hall–Kier alpha value is -2.27. The van der Waals surface area contributed by atoms with Gasteiger partial charge in [-0.05, 0) is 43.7 Å². The molecule has 0 aliphatic heterocycles. The molecule has 1 N–H and O–H groups in total. The molecule has 0 aliphatic carbocycles. The molecule has 0 radical (unpaired) electrons. The topological polar surface area (TPSA) is 42.0 Å². The van der Waals surface area contributed by atoms with Gasteiger partial charge in [0.15, 0.2) is 5.13 Å². The van der Waals surface area contributed by atoms with Crippen molar-refractivity contribution in [3.8, 4) is 0 Å². The van der Waals surface area contributed by atoms with Crippen molar-refractivity contribution in [3.63, 3.8) is 0 Å². The van der Waals surface area contributed by atoms with Gasteiger partial charge in [-0.3, -0.25) is 10.1 Å². The van der Waals surface area contributed by atoms with Gasteiger partial charge in [0.25, 0.3) is 5.91 Å². The van der Waals surface area contributed by atoms with Crippen molar-refractivity contribution in [3.05, 3.63) is 58.9 Å². The summed E-state index contributed by atoms with van der Waals surface area (Å²) in [7, 11) is 0. The van der Waals surface area contributed by atoms with Crippen LogP contribution in [0.3, 0.4) is 0 Å². The van der Waals surface area contributed by atoms with Crippen LogP contribution in [0.2, 0.25) is 0 Å². The second-order valence-electron chi connectivity index (χ2n) is 4.90. The van der Waals surface area contributed by atoms with E-state index in [1.54, 1.807) is 12.1 Å². The van der Waals surface area contributed by atoms with Crippen molar-refractivity contribution >= 4 is 32.6 Å². The Morgan fingerprint density at radius 1 is 1.19 bits per heavy atom. The molecule has 0 atom stereocenters. The zero-order valence-electron chi connectivity index (χ0n) is 11.6. The van der Waals surface area contributed by atoms with E-state index < -0.39 is 0 Å². The van der Waals surface area contributed by atoms with Gasteiger partial charge >= 0.3 is 0 Å². The number of hydrogen-bond acceptors (Lipinski definition) is 3. The van der Waals surface area contributed by atoms with Gasteiger partial charge in [0.05, 0.1) is 10.2 Å². The van der Waals surface area contributed by atoms with Crippen LogP contribution in [0.4, 0.5) is 9.52 Å². The van der Waals surface area contributed by atoms with Crippen LogP contribution in [0.25, 0.3) is 10.2 Å². The van der Waals surface area contributed by atoms with Crippen LogP contribution in [0.5, 0.6) is 0 Å². The maximum absolute atomic E-state index is 13.2. The quantitative estimate of drug-likeness (QED) is 0.766. The molecule has 3 nitrogen and oxygen atoms in total. The van der Waals surface area contributed by atoms with E-state index in [4.69, 9.17) is 0 Å². The first-order valence-corrected chi connectivity index (χ1v) is 7.29. The van der Waals surface area contributed by atoms with Crippen LogP contribution in [-0.2, 0) is 0 Å². The number of thiazole rings is 1. The predicted octanol–water partition coefficient (Wildman–Crippen LogP) is 4.30. The average Bonchev–Trinajstić information content (AvgIpc) is 2.79. The van der Waals surface area contributed by atoms with E-state index in [2.05, 4.69) is 10.3 Å². The van der Waals surface area contributed by atoms with Crippen LogP contribution in [0.15, 0.2) is 36.4 Å². The lowest BCUT2D eigenvalue weighted by Crippen LogP contribution is -2.13. The first-order chi connectivity index (χ1) is 10.0. The summed E-state index contributed by atoms with van der Waals surface area (Å²) in [6.45, 7) is 3.88. The summed E-state index contributed by atoms with van der Waals surface area (Å²) in [4.78, 5) is 16.6. The van der Waals surface area contributed by atoms with Crippen LogP contribution in [0.1, 0.15) is 21.5 Å². The molecule has 3 aromatic rings. The van der Waals surface area contributed by atoms with E-state index in [0.29, 0.717) is 20.9 Å². The van der Waals surface area contributed by atoms with E-state index in [1.807, 2.05) is 26.0 Å². The number of carbonyl (C=O) groups is 1. The smallest absolute Gasteiger partial charge is 0.257 e. The number of nitrogens with one attached hydrogen (secondary N) is 1. The Labute approximate surface area is 125 Å². The van der Waals surface area contributed by atoms with Crippen molar-refractivity contribution in [1.29, 1.82) is 0 Å². The largest absolute Gasteiger partial charge is 0.298 e. The van der Waals surface area contributed by atoms with Gasteiger partial charge in [-0.15, -0.1) is 0 Å². The van der Waals surface area contributed by atoms with E-state index >= 15 is 0 Å². The van der Waals surface area contributed by atoms with Gasteiger partial charge in [-0.25, -0.2) is 9.37 Å². The number of benzene rings is 2. The highest BCUT2D eigenvalue weighted by atomic mass is 32.1. The minimum absolute atomic E-state index is 0.202. The molecule has 0 aliphatic rings. The second-order valence-corrected chi connectivity index (χ2v) is 5.93. The van der Waals surface area contributed by atoms with Gasteiger partial charge < -0.3 is 0 Å². The fourth-order valence-electron chi connectivity index (χ4n) is 2.18. The molecule has 106 valence electrons. The summed E-state index contributed by atoms with van der Waals surface area (Å²) in [6, 6.07) is 10.0. The standard InChI is InChI=1S/C16H13FN2OS/c1-9-3-5-12(10(2)7-9)15(20)19-16-18-13-6-4-11(17)8-14(13)21-16/h3-8H,1-2H3,(H,18,19,20). The van der Waals surface area contributed by atoms with Crippen molar-refractivity contribution in [1.82, 2.24) is 4.98 Å². The summed E-state index contributed by atoms with van der Waals surface area (Å²) in [5.41, 5.74) is 3.32. The Balaban J connectivity index is 1.89. The Kier molecular flexibility index (Phi) is 3.43. The van der Waals surface area contributed by atoms with Crippen molar-refractivity contribution < 1.29 is 9.18 Å². The van der Waals surface area contributed by atoms with Crippen LogP contribution >= 0.6 is 11.3 Å². The summed E-state index contributed by atoms with van der Waals surface area (Å²) >= 11 is 1.26. The maximum atomic E-state index is 13.2. The second kappa shape index (κ2) is 5.26. The third-order valence-electron chi connectivity index (χ3n) is 3.20. The highest BCUT2D eigenvalue weighted by Gasteiger charge is 2.12. The zero-order valence-corrected chi connectivity index (χ0v) is 12.4. The Bertz CT molecular complexity index is 841. The van der Waals surface area contributed by atoms with Crippen molar-refractivity contribution in [2.24, 2.45) is 0 Å². The van der Waals surface area contributed by atoms with E-state index in [-0.39, 0.29) is 11.7 Å². The fourth-order valence-corrected chi connectivity index (χ4v) is 3.07. The molecule has 0 saturated carbocycles. The number of aromatic nitrogens is 1. The molecule has 5 heteroatoms. The number of rotatable bonds is 2. The van der Waals surface area contributed by atoms with E-state index in [9.17, 15) is 9.18 Å². The Morgan fingerprint density at radius 3 is 2.76 bits per heavy atom. The van der Waals surface area contributed by atoms with Crippen LogP contribution in [0, 0.1) is 19.7 Å². The number of aryl methyl sites for hydroxylation is 2. The van der Waals surface area contributed by atoms with E-state index in [0.717, 1.165) is 11.1 Å². The summed E-state index contributed by atoms with van der Waals surface area (Å²) < 4.78 is 13.9. The average molecular weight is 300 g/mol. The number of nitrogens with zero attached hydrogens (tertiary/aromatic N) is 1. The minimum atomic E-state index is -0.307. The molecular weight excluding hydrogens is 287 g/mol. The van der Waals surface area contributed by atoms with Crippen LogP contribution in [-0.4, -0.2) is 10.9 Å². The molecule has 0 fully saturated rings. The van der Waals surface area contributed by atoms with Gasteiger partial charge in [0.2, 0.25) is 0 Å². The lowest BCUT2D eigenvalue weighted by atomic mass is 10.1. The number of hydrogen-bond donors (Lipinski definition) is 1. The van der Waals surface area contributed by atoms with E-state index in [1.165, 1.54) is 23.5 Å². The molecular formula is C16H13FN2OS. The lowest BCUT2D eigenvalue weighted by Gasteiger charge is -2.06. The number of fused-ring (bicyclic) bond motifs is 1. The molecule has 0 saturated heterocycles. The first-order valence-electron chi connectivity index (χ1n) is 6.47. The molecule has 0 unspecified atom stereocenters. The first kappa shape index (κ1) is 13.7. The van der Waals surface area contributed by atoms with Gasteiger partial charge in [0.1, 0.15) is 5.82 Å². The third kappa shape index (κ3) is 2.78. The number of amides is 1. The van der Waals surface area contributed by atoms with Gasteiger partial charge in [-0.2, -0.15) is 0 Å². The monoisotopic (exact) mass is 300 g/mol. The molecule has 1 amide bonds. The summed E-state index contributed by atoms with van der Waals surface area (Å²) in [5.74, 6) is -0.509. The molecule has 2 aromatic carbocycles. The van der Waals surface area contributed by atoms with Gasteiger partial charge in [-0.1, -0.05) is 29.0 Å². The van der Waals surface area contributed by atoms with Crippen molar-refractivity contribution in [2.45, 2.75) is 13.8 Å². The fraction of sp³-hybridized carbons (Fsp3) is 0.125. The highest BCUT2D eigenvalue weighted by molar-refractivity contribution is 7.22. The molecule has 1 heterocycles. The lowest BCUT2D eigenvalue weighted by molar-refractivity contribution is 0.102. The summed E-state index contributed by atoms with van der Waals surface area (Å²) in [6.07, 6.45) is 0. The predicted molar refractivity (Wildman–Crippen MR) is 83.4 cm³/mol. The minimum Gasteiger partial charge on any atom is -0.298 e. The molecule has 1 aromatic heterocycles. The molecule has 0 bridgehead atoms. The SMILES string of the molecule is Cc1ccc(C(=O)Nc2nc3ccc(F)cc3s2)c(C)c1. The Morgan fingerprint density at radius 2 is 2.00 bits per heavy atom. The van der Waals surface area contributed by atoms with Crippen molar-refractivity contribution in [2.75, 3.05) is 5.32 Å². The molecule has 3 rings (SSSR count). The zero-order chi connectivity index (χ0) is 15.0. The van der Waals surface area contributed by atoms with Crippen LogP contribution < -0.4 is 5.32 Å². The summed E-state index contributed by atoms with van der Waals surface area (Å²) in [5, 5.41) is 3.25. The number of anilines is 1. The number of carbonyl (C=O) groups excluding carboxylic acids is 1. The molecule has 0 spiro atoms. The number of halogens is 1. The van der Waals surface area contributed by atoms with Gasteiger partial charge in [0, 0.05) is 5.56 Å².